The molecular formula is C18H25BrClN3O4. The highest BCUT2D eigenvalue weighted by molar-refractivity contribution is 9.10. The van der Waals surface area contributed by atoms with Crippen molar-refractivity contribution >= 4 is 45.7 Å². The zero-order valence-electron chi connectivity index (χ0n) is 16.3. The Balaban J connectivity index is 2.96. The summed E-state index contributed by atoms with van der Waals surface area (Å²) < 4.78 is 11.1. The van der Waals surface area contributed by atoms with Crippen LogP contribution in [0.15, 0.2) is 27.7 Å². The van der Waals surface area contributed by atoms with Crippen LogP contribution in [-0.4, -0.2) is 29.3 Å². The molecule has 0 heterocycles. The third kappa shape index (κ3) is 9.63. The minimum absolute atomic E-state index is 0.102. The van der Waals surface area contributed by atoms with E-state index < -0.39 is 23.4 Å². The van der Waals surface area contributed by atoms with Gasteiger partial charge in [0.25, 0.3) is 0 Å². The fourth-order valence-electron chi connectivity index (χ4n) is 1.75. The highest BCUT2D eigenvalue weighted by atomic mass is 79.9. The molecule has 0 aliphatic carbocycles. The number of alkyl carbamates (subject to hydrolysis) is 2. The number of hydrogen-bond acceptors (Lipinski definition) is 5. The van der Waals surface area contributed by atoms with Gasteiger partial charge in [-0.15, -0.1) is 0 Å². The van der Waals surface area contributed by atoms with E-state index in [1.54, 1.807) is 53.7 Å². The van der Waals surface area contributed by atoms with Crippen molar-refractivity contribution < 1.29 is 19.1 Å². The maximum atomic E-state index is 12.0. The van der Waals surface area contributed by atoms with Crippen molar-refractivity contribution in [3.8, 4) is 0 Å². The van der Waals surface area contributed by atoms with E-state index in [0.717, 1.165) is 4.47 Å². The van der Waals surface area contributed by atoms with Crippen LogP contribution < -0.4 is 10.6 Å². The van der Waals surface area contributed by atoms with E-state index in [9.17, 15) is 9.59 Å². The molecular weight excluding hydrogens is 438 g/mol. The van der Waals surface area contributed by atoms with E-state index in [4.69, 9.17) is 21.1 Å². The number of nitrogens with one attached hydrogen (secondary N) is 2. The van der Waals surface area contributed by atoms with E-state index in [1.807, 2.05) is 6.07 Å². The summed E-state index contributed by atoms with van der Waals surface area (Å²) in [6.45, 7) is 10.5. The topological polar surface area (TPSA) is 89.0 Å². The summed E-state index contributed by atoms with van der Waals surface area (Å²) in [5.41, 5.74) is -0.691. The number of carbonyl (C=O) groups is 2. The first-order valence-corrected chi connectivity index (χ1v) is 9.41. The van der Waals surface area contributed by atoms with Crippen molar-refractivity contribution in [2.75, 3.05) is 0 Å². The lowest BCUT2D eigenvalue weighted by atomic mass is 10.2. The fourth-order valence-corrected chi connectivity index (χ4v) is 2.34. The highest BCUT2D eigenvalue weighted by Gasteiger charge is 2.21. The number of ether oxygens (including phenoxy) is 2. The largest absolute Gasteiger partial charge is 0.444 e. The van der Waals surface area contributed by atoms with Crippen LogP contribution in [0.4, 0.5) is 9.59 Å². The molecule has 27 heavy (non-hydrogen) atoms. The summed E-state index contributed by atoms with van der Waals surface area (Å²) in [5.74, 6) is -0.102. The van der Waals surface area contributed by atoms with E-state index in [2.05, 4.69) is 31.6 Å². The second-order valence-electron chi connectivity index (χ2n) is 7.63. The Kier molecular flexibility index (Phi) is 8.10. The summed E-state index contributed by atoms with van der Waals surface area (Å²) in [4.78, 5) is 28.3. The van der Waals surface area contributed by atoms with E-state index in [0.29, 0.717) is 10.6 Å². The third-order valence-corrected chi connectivity index (χ3v) is 4.01. The Morgan fingerprint density at radius 1 is 1.04 bits per heavy atom. The SMILES string of the molecule is CC(C)(C)OC(=O)NC(=NCc1cccc(Br)c1Cl)NC(=O)OC(C)(C)C. The predicted octanol–water partition coefficient (Wildman–Crippen LogP) is 5.01. The second-order valence-corrected chi connectivity index (χ2v) is 8.86. The molecule has 0 saturated heterocycles. The first-order valence-electron chi connectivity index (χ1n) is 8.24. The number of nitrogens with zero attached hydrogens (tertiary/aromatic N) is 1. The number of halogens is 2. The third-order valence-electron chi connectivity index (χ3n) is 2.68. The van der Waals surface area contributed by atoms with Gasteiger partial charge >= 0.3 is 12.2 Å². The van der Waals surface area contributed by atoms with Gasteiger partial charge in [0.15, 0.2) is 0 Å². The molecule has 1 aromatic rings. The maximum Gasteiger partial charge on any atom is 0.414 e. The van der Waals surface area contributed by atoms with Crippen LogP contribution in [0, 0.1) is 0 Å². The molecule has 150 valence electrons. The molecule has 0 aliphatic heterocycles. The van der Waals surface area contributed by atoms with Gasteiger partial charge in [-0.1, -0.05) is 23.7 Å². The van der Waals surface area contributed by atoms with Crippen molar-refractivity contribution in [1.82, 2.24) is 10.6 Å². The van der Waals surface area contributed by atoms with Crippen molar-refractivity contribution in [1.29, 1.82) is 0 Å². The van der Waals surface area contributed by atoms with Gasteiger partial charge in [0.2, 0.25) is 5.96 Å². The smallest absolute Gasteiger partial charge is 0.414 e. The number of rotatable bonds is 2. The summed E-state index contributed by atoms with van der Waals surface area (Å²) >= 11 is 9.56. The van der Waals surface area contributed by atoms with Gasteiger partial charge in [-0.25, -0.2) is 14.6 Å². The molecule has 2 amide bonds. The Labute approximate surface area is 173 Å². The van der Waals surface area contributed by atoms with Gasteiger partial charge in [-0.05, 0) is 69.1 Å². The highest BCUT2D eigenvalue weighted by Crippen LogP contribution is 2.26. The minimum atomic E-state index is -0.752. The van der Waals surface area contributed by atoms with Crippen molar-refractivity contribution in [2.45, 2.75) is 59.3 Å². The lowest BCUT2D eigenvalue weighted by Gasteiger charge is -2.22. The molecule has 0 spiro atoms. The van der Waals surface area contributed by atoms with Gasteiger partial charge in [-0.3, -0.25) is 10.6 Å². The normalized spacial score (nSPS) is 11.4. The number of benzene rings is 1. The molecule has 0 aliphatic rings. The summed E-state index contributed by atoms with van der Waals surface area (Å²) in [7, 11) is 0. The predicted molar refractivity (Wildman–Crippen MR) is 109 cm³/mol. The van der Waals surface area contributed by atoms with Crippen LogP contribution in [0.1, 0.15) is 47.1 Å². The average molecular weight is 463 g/mol. The molecule has 7 nitrogen and oxygen atoms in total. The molecule has 0 atom stereocenters. The fraction of sp³-hybridized carbons (Fsp3) is 0.500. The molecule has 1 aromatic carbocycles. The van der Waals surface area contributed by atoms with Gasteiger partial charge in [0.05, 0.1) is 11.6 Å². The monoisotopic (exact) mass is 461 g/mol. The summed E-state index contributed by atoms with van der Waals surface area (Å²) in [6.07, 6.45) is -1.50. The Morgan fingerprint density at radius 3 is 1.96 bits per heavy atom. The van der Waals surface area contributed by atoms with Crippen LogP contribution in [0.5, 0.6) is 0 Å². The Hall–Kier alpha value is -1.80. The van der Waals surface area contributed by atoms with Gasteiger partial charge in [0, 0.05) is 4.47 Å². The second kappa shape index (κ2) is 9.41. The molecule has 0 saturated carbocycles. The minimum Gasteiger partial charge on any atom is -0.444 e. The number of aliphatic imine (C=N–C) groups is 1. The molecule has 0 fully saturated rings. The molecule has 1 rings (SSSR count). The molecule has 0 radical (unpaired) electrons. The number of carbonyl (C=O) groups excluding carboxylic acids is 2. The van der Waals surface area contributed by atoms with Crippen molar-refractivity contribution in [3.63, 3.8) is 0 Å². The first kappa shape index (κ1) is 23.2. The van der Waals surface area contributed by atoms with Crippen LogP contribution in [0.25, 0.3) is 0 Å². The molecule has 0 bridgehead atoms. The lowest BCUT2D eigenvalue weighted by molar-refractivity contribution is 0.0545. The Bertz CT molecular complexity index is 692. The van der Waals surface area contributed by atoms with Gasteiger partial charge in [-0.2, -0.15) is 0 Å². The number of amides is 2. The lowest BCUT2D eigenvalue weighted by Crippen LogP contribution is -2.47. The standard InChI is InChI=1S/C18H25BrClN3O4/c1-17(2,3)26-15(24)22-14(23-16(25)27-18(4,5)6)21-10-11-8-7-9-12(19)13(11)20/h7-9H,10H2,1-6H3,(H2,21,22,23,24,25). The van der Waals surface area contributed by atoms with Crippen LogP contribution in [-0.2, 0) is 16.0 Å². The quantitative estimate of drug-likeness (QED) is 0.478. The van der Waals surface area contributed by atoms with Gasteiger partial charge in [0.1, 0.15) is 11.2 Å². The van der Waals surface area contributed by atoms with Crippen LogP contribution >= 0.6 is 27.5 Å². The molecule has 9 heteroatoms. The molecule has 0 unspecified atom stereocenters. The first-order chi connectivity index (χ1) is 12.3. The summed E-state index contributed by atoms with van der Waals surface area (Å²) in [5, 5.41) is 5.33. The summed E-state index contributed by atoms with van der Waals surface area (Å²) in [6, 6.07) is 5.40. The zero-order chi connectivity index (χ0) is 20.8. The van der Waals surface area contributed by atoms with E-state index in [-0.39, 0.29) is 12.5 Å². The maximum absolute atomic E-state index is 12.0. The van der Waals surface area contributed by atoms with Crippen molar-refractivity contribution in [3.05, 3.63) is 33.3 Å². The number of guanidine groups is 1. The van der Waals surface area contributed by atoms with Crippen molar-refractivity contribution in [2.24, 2.45) is 4.99 Å². The molecule has 0 aromatic heterocycles. The van der Waals surface area contributed by atoms with E-state index in [1.165, 1.54) is 0 Å². The molecule has 2 N–H and O–H groups in total. The number of hydrogen-bond donors (Lipinski definition) is 2. The van der Waals surface area contributed by atoms with E-state index >= 15 is 0 Å². The van der Waals surface area contributed by atoms with Gasteiger partial charge < -0.3 is 9.47 Å². The Morgan fingerprint density at radius 2 is 1.52 bits per heavy atom. The van der Waals surface area contributed by atoms with Crippen LogP contribution in [0.2, 0.25) is 5.02 Å². The zero-order valence-corrected chi connectivity index (χ0v) is 18.6. The average Bonchev–Trinajstić information content (AvgIpc) is 2.44. The van der Waals surface area contributed by atoms with Crippen LogP contribution in [0.3, 0.4) is 0 Å².